The number of pyridine rings is 1. The van der Waals surface area contributed by atoms with Crippen molar-refractivity contribution >= 4 is 5.82 Å². The molecule has 1 aromatic heterocycles. The Balaban J connectivity index is 2.12. The monoisotopic (exact) mass is 243 g/mol. The molecule has 90 valence electrons. The lowest BCUT2D eigenvalue weighted by atomic mass is 10.2. The minimum absolute atomic E-state index is 0.322. The van der Waals surface area contributed by atoms with Crippen molar-refractivity contribution in [3.8, 4) is 11.8 Å². The molecule has 0 atom stereocenters. The second kappa shape index (κ2) is 5.15. The predicted molar refractivity (Wildman–Crippen MR) is 64.3 cm³/mol. The first kappa shape index (κ1) is 11.9. The number of nitrogens with zero attached hydrogens (tertiary/aromatic N) is 2. The first-order valence-electron chi connectivity index (χ1n) is 5.27. The fourth-order valence-corrected chi connectivity index (χ4v) is 1.48. The smallest absolute Gasteiger partial charge is 0.165 e. The van der Waals surface area contributed by atoms with Crippen LogP contribution >= 0.6 is 0 Å². The number of halogens is 1. The molecule has 2 rings (SSSR count). The molecule has 4 nitrogen and oxygen atoms in total. The number of rotatable bonds is 3. The van der Waals surface area contributed by atoms with Crippen LogP contribution in [0.2, 0.25) is 0 Å². The zero-order valence-electron chi connectivity index (χ0n) is 9.39. The van der Waals surface area contributed by atoms with E-state index in [4.69, 9.17) is 10.4 Å². The quantitative estimate of drug-likeness (QED) is 0.868. The van der Waals surface area contributed by atoms with Gasteiger partial charge >= 0.3 is 0 Å². The van der Waals surface area contributed by atoms with Crippen molar-refractivity contribution in [2.75, 3.05) is 5.32 Å². The normalized spacial score (nSPS) is 9.78. The van der Waals surface area contributed by atoms with Crippen LogP contribution in [0, 0.1) is 17.1 Å². The minimum Gasteiger partial charge on any atom is -0.505 e. The molecule has 0 aliphatic rings. The molecule has 0 saturated heterocycles. The van der Waals surface area contributed by atoms with Crippen molar-refractivity contribution in [2.24, 2.45) is 0 Å². The summed E-state index contributed by atoms with van der Waals surface area (Å²) in [5.74, 6) is -0.599. The van der Waals surface area contributed by atoms with Crippen molar-refractivity contribution in [3.05, 3.63) is 53.5 Å². The summed E-state index contributed by atoms with van der Waals surface area (Å²) in [6.45, 7) is 0.322. The molecule has 2 aromatic rings. The largest absolute Gasteiger partial charge is 0.505 e. The molecule has 0 saturated carbocycles. The first-order chi connectivity index (χ1) is 8.70. The number of benzene rings is 1. The summed E-state index contributed by atoms with van der Waals surface area (Å²) < 4.78 is 13.1. The van der Waals surface area contributed by atoms with Gasteiger partial charge in [0.2, 0.25) is 0 Å². The highest BCUT2D eigenvalue weighted by atomic mass is 19.1. The third kappa shape index (κ3) is 2.55. The van der Waals surface area contributed by atoms with E-state index in [-0.39, 0.29) is 5.75 Å². The molecule has 0 fully saturated rings. The molecule has 18 heavy (non-hydrogen) atoms. The summed E-state index contributed by atoms with van der Waals surface area (Å²) in [5.41, 5.74) is 1.08. The second-order valence-corrected chi connectivity index (χ2v) is 3.65. The number of aromatic hydroxyl groups is 1. The van der Waals surface area contributed by atoms with Gasteiger partial charge in [-0.25, -0.2) is 9.37 Å². The molecule has 0 aliphatic carbocycles. The molecule has 2 N–H and O–H groups in total. The molecular formula is C13H10FN3O. The highest BCUT2D eigenvalue weighted by molar-refractivity contribution is 5.51. The van der Waals surface area contributed by atoms with Crippen LogP contribution in [0.25, 0.3) is 0 Å². The van der Waals surface area contributed by atoms with Crippen LogP contribution in [0.5, 0.6) is 5.75 Å². The van der Waals surface area contributed by atoms with Gasteiger partial charge in [0.1, 0.15) is 11.9 Å². The molecular weight excluding hydrogens is 233 g/mol. The Bertz CT molecular complexity index is 607. The SMILES string of the molecule is N#Cc1cccnc1NCc1ccc(O)c(F)c1. The van der Waals surface area contributed by atoms with E-state index < -0.39 is 5.82 Å². The van der Waals surface area contributed by atoms with Crippen molar-refractivity contribution in [1.29, 1.82) is 5.26 Å². The number of phenols is 1. The first-order valence-corrected chi connectivity index (χ1v) is 5.27. The molecule has 1 aromatic carbocycles. The lowest BCUT2D eigenvalue weighted by molar-refractivity contribution is 0.432. The van der Waals surface area contributed by atoms with E-state index in [1.54, 1.807) is 24.4 Å². The van der Waals surface area contributed by atoms with E-state index in [2.05, 4.69) is 10.3 Å². The summed E-state index contributed by atoms with van der Waals surface area (Å²) >= 11 is 0. The van der Waals surface area contributed by atoms with Crippen molar-refractivity contribution in [2.45, 2.75) is 6.54 Å². The van der Waals surface area contributed by atoms with E-state index in [1.165, 1.54) is 12.1 Å². The Hall–Kier alpha value is -2.61. The number of nitrogens with one attached hydrogen (secondary N) is 1. The molecule has 0 bridgehead atoms. The Morgan fingerprint density at radius 2 is 2.22 bits per heavy atom. The molecule has 5 heteroatoms. The fourth-order valence-electron chi connectivity index (χ4n) is 1.48. The maximum atomic E-state index is 13.1. The fraction of sp³-hybridized carbons (Fsp3) is 0.0769. The number of aromatic nitrogens is 1. The van der Waals surface area contributed by atoms with E-state index >= 15 is 0 Å². The van der Waals surface area contributed by atoms with Crippen LogP contribution < -0.4 is 5.32 Å². The predicted octanol–water partition coefficient (Wildman–Crippen LogP) is 2.41. The van der Waals surface area contributed by atoms with Gasteiger partial charge in [0.25, 0.3) is 0 Å². The third-order valence-corrected chi connectivity index (χ3v) is 2.40. The number of hydrogen-bond donors (Lipinski definition) is 2. The summed E-state index contributed by atoms with van der Waals surface area (Å²) in [6.07, 6.45) is 1.57. The standard InChI is InChI=1S/C13H10FN3O/c14-11-6-9(3-4-12(11)18)8-17-13-10(7-15)2-1-5-16-13/h1-6,18H,8H2,(H,16,17). The van der Waals surface area contributed by atoms with Gasteiger partial charge in [-0.2, -0.15) is 5.26 Å². The molecule has 1 heterocycles. The number of nitriles is 1. The average Bonchev–Trinajstić information content (AvgIpc) is 2.40. The topological polar surface area (TPSA) is 68.9 Å². The van der Waals surface area contributed by atoms with E-state index in [0.29, 0.717) is 23.5 Å². The Morgan fingerprint density at radius 3 is 2.94 bits per heavy atom. The van der Waals surface area contributed by atoms with Crippen molar-refractivity contribution in [1.82, 2.24) is 4.98 Å². The molecule has 0 spiro atoms. The zero-order chi connectivity index (χ0) is 13.0. The second-order valence-electron chi connectivity index (χ2n) is 3.65. The van der Waals surface area contributed by atoms with Gasteiger partial charge in [-0.1, -0.05) is 6.07 Å². The van der Waals surface area contributed by atoms with Crippen molar-refractivity contribution in [3.63, 3.8) is 0 Å². The van der Waals surface area contributed by atoms with Gasteiger partial charge < -0.3 is 10.4 Å². The van der Waals surface area contributed by atoms with Gasteiger partial charge in [0.15, 0.2) is 11.6 Å². The maximum absolute atomic E-state index is 13.1. The molecule has 0 aliphatic heterocycles. The molecule has 0 unspecified atom stereocenters. The van der Waals surface area contributed by atoms with E-state index in [1.807, 2.05) is 6.07 Å². The van der Waals surface area contributed by atoms with Gasteiger partial charge in [-0.3, -0.25) is 0 Å². The Labute approximate surface area is 103 Å². The number of hydrogen-bond acceptors (Lipinski definition) is 4. The van der Waals surface area contributed by atoms with Crippen LogP contribution in [-0.4, -0.2) is 10.1 Å². The van der Waals surface area contributed by atoms with Crippen LogP contribution in [-0.2, 0) is 6.54 Å². The van der Waals surface area contributed by atoms with Gasteiger partial charge in [0.05, 0.1) is 5.56 Å². The van der Waals surface area contributed by atoms with E-state index in [9.17, 15) is 4.39 Å². The lowest BCUT2D eigenvalue weighted by Crippen LogP contribution is -2.03. The van der Waals surface area contributed by atoms with Gasteiger partial charge in [-0.15, -0.1) is 0 Å². The summed E-state index contributed by atoms with van der Waals surface area (Å²) in [6, 6.07) is 9.45. The van der Waals surface area contributed by atoms with Crippen LogP contribution in [0.1, 0.15) is 11.1 Å². The van der Waals surface area contributed by atoms with Gasteiger partial charge in [0, 0.05) is 12.7 Å². The van der Waals surface area contributed by atoms with Crippen molar-refractivity contribution < 1.29 is 9.50 Å². The molecule has 0 amide bonds. The van der Waals surface area contributed by atoms with Gasteiger partial charge in [-0.05, 0) is 29.8 Å². The maximum Gasteiger partial charge on any atom is 0.165 e. The summed E-state index contributed by atoms with van der Waals surface area (Å²) in [5, 5.41) is 20.9. The highest BCUT2D eigenvalue weighted by Gasteiger charge is 2.04. The Kier molecular flexibility index (Phi) is 3.39. The third-order valence-electron chi connectivity index (χ3n) is 2.40. The van der Waals surface area contributed by atoms with Crippen LogP contribution in [0.3, 0.4) is 0 Å². The number of phenolic OH excluding ortho intramolecular Hbond substituents is 1. The van der Waals surface area contributed by atoms with E-state index in [0.717, 1.165) is 0 Å². The average molecular weight is 243 g/mol. The highest BCUT2D eigenvalue weighted by Crippen LogP contribution is 2.17. The number of anilines is 1. The van der Waals surface area contributed by atoms with Crippen LogP contribution in [0.4, 0.5) is 10.2 Å². The Morgan fingerprint density at radius 1 is 1.39 bits per heavy atom. The van der Waals surface area contributed by atoms with Crippen LogP contribution in [0.15, 0.2) is 36.5 Å². The minimum atomic E-state index is -0.671. The molecule has 0 radical (unpaired) electrons. The zero-order valence-corrected chi connectivity index (χ0v) is 9.39. The summed E-state index contributed by atoms with van der Waals surface area (Å²) in [4.78, 5) is 4.03. The summed E-state index contributed by atoms with van der Waals surface area (Å²) in [7, 11) is 0. The lowest BCUT2D eigenvalue weighted by Gasteiger charge is -2.07.